The van der Waals surface area contributed by atoms with Crippen LogP contribution in [0.3, 0.4) is 0 Å². The van der Waals surface area contributed by atoms with Crippen molar-refractivity contribution in [2.24, 2.45) is 0 Å². The molecule has 2 aliphatic rings. The summed E-state index contributed by atoms with van der Waals surface area (Å²) < 4.78 is 9.43. The van der Waals surface area contributed by atoms with Gasteiger partial charge < -0.3 is 19.7 Å². The van der Waals surface area contributed by atoms with E-state index in [1.54, 1.807) is 13.0 Å². The van der Waals surface area contributed by atoms with E-state index in [0.29, 0.717) is 5.57 Å². The van der Waals surface area contributed by atoms with Crippen molar-refractivity contribution in [2.45, 2.75) is 31.3 Å². The number of hydrogen-bond acceptors (Lipinski definition) is 5. The van der Waals surface area contributed by atoms with Gasteiger partial charge in [0.2, 0.25) is 0 Å². The van der Waals surface area contributed by atoms with Gasteiger partial charge in [-0.1, -0.05) is 0 Å². The highest BCUT2D eigenvalue weighted by Crippen LogP contribution is 2.28. The molecule has 0 aromatic carbocycles. The lowest BCUT2D eigenvalue weighted by atomic mass is 9.91. The van der Waals surface area contributed by atoms with Crippen molar-refractivity contribution in [3.63, 3.8) is 0 Å². The van der Waals surface area contributed by atoms with Crippen LogP contribution in [0.2, 0.25) is 0 Å². The maximum atomic E-state index is 10.7. The Labute approximate surface area is 74.6 Å². The van der Waals surface area contributed by atoms with E-state index in [1.165, 1.54) is 0 Å². The Kier molecular flexibility index (Phi) is 1.78. The lowest BCUT2D eigenvalue weighted by molar-refractivity contribution is -0.0492. The molecule has 5 heteroatoms. The topological polar surface area (TPSA) is 76.0 Å². The van der Waals surface area contributed by atoms with Gasteiger partial charge in [0.05, 0.1) is 0 Å². The van der Waals surface area contributed by atoms with Crippen LogP contribution in [0.4, 0.5) is 4.79 Å². The summed E-state index contributed by atoms with van der Waals surface area (Å²) in [7, 11) is 0. The SMILES string of the molecule is CC1=CC2OC(=O)OC2C(O)C1O. The Balaban J connectivity index is 2.28. The minimum atomic E-state index is -1.10. The second-order valence-corrected chi connectivity index (χ2v) is 3.26. The molecule has 1 heterocycles. The molecular weight excluding hydrogens is 176 g/mol. The third-order valence-corrected chi connectivity index (χ3v) is 2.34. The van der Waals surface area contributed by atoms with Crippen molar-refractivity contribution < 1.29 is 24.5 Å². The second kappa shape index (κ2) is 2.71. The number of carbonyl (C=O) groups is 1. The molecule has 2 N–H and O–H groups in total. The first kappa shape index (κ1) is 8.52. The number of rotatable bonds is 0. The van der Waals surface area contributed by atoms with Gasteiger partial charge in [-0.2, -0.15) is 0 Å². The Morgan fingerprint density at radius 3 is 2.77 bits per heavy atom. The monoisotopic (exact) mass is 186 g/mol. The number of hydrogen-bond donors (Lipinski definition) is 2. The molecule has 13 heavy (non-hydrogen) atoms. The van der Waals surface area contributed by atoms with Gasteiger partial charge >= 0.3 is 6.16 Å². The summed E-state index contributed by atoms with van der Waals surface area (Å²) in [4.78, 5) is 10.7. The lowest BCUT2D eigenvalue weighted by Gasteiger charge is -2.28. The molecule has 1 aliphatic heterocycles. The van der Waals surface area contributed by atoms with E-state index in [1.807, 2.05) is 0 Å². The molecule has 5 nitrogen and oxygen atoms in total. The molecule has 0 bridgehead atoms. The van der Waals surface area contributed by atoms with Crippen LogP contribution in [0.1, 0.15) is 6.92 Å². The Hall–Kier alpha value is -1.07. The minimum absolute atomic E-state index is 0.564. The van der Waals surface area contributed by atoms with Gasteiger partial charge in [-0.05, 0) is 18.6 Å². The fraction of sp³-hybridized carbons (Fsp3) is 0.625. The van der Waals surface area contributed by atoms with Crippen molar-refractivity contribution in [3.05, 3.63) is 11.6 Å². The molecule has 0 aromatic rings. The molecule has 0 radical (unpaired) electrons. The van der Waals surface area contributed by atoms with E-state index in [0.717, 1.165) is 0 Å². The molecule has 0 amide bonds. The van der Waals surface area contributed by atoms with Gasteiger partial charge in [-0.15, -0.1) is 0 Å². The largest absolute Gasteiger partial charge is 0.509 e. The molecule has 0 spiro atoms. The van der Waals surface area contributed by atoms with E-state index in [-0.39, 0.29) is 0 Å². The summed E-state index contributed by atoms with van der Waals surface area (Å²) >= 11 is 0. The van der Waals surface area contributed by atoms with Crippen LogP contribution in [0.25, 0.3) is 0 Å². The van der Waals surface area contributed by atoms with E-state index in [2.05, 4.69) is 4.74 Å². The highest BCUT2D eigenvalue weighted by molar-refractivity contribution is 5.63. The molecular formula is C8H10O5. The predicted molar refractivity (Wildman–Crippen MR) is 40.9 cm³/mol. The quantitative estimate of drug-likeness (QED) is 0.396. The third-order valence-electron chi connectivity index (χ3n) is 2.34. The summed E-state index contributed by atoms with van der Waals surface area (Å²) in [6.07, 6.45) is -2.62. The molecule has 0 aromatic heterocycles. The summed E-state index contributed by atoms with van der Waals surface area (Å²) in [6.45, 7) is 1.66. The Morgan fingerprint density at radius 1 is 1.38 bits per heavy atom. The van der Waals surface area contributed by atoms with Gasteiger partial charge in [-0.25, -0.2) is 4.79 Å². The summed E-state index contributed by atoms with van der Waals surface area (Å²) in [5.74, 6) is 0. The predicted octanol–water partition coefficient (Wildman–Crippen LogP) is -0.428. The van der Waals surface area contributed by atoms with Gasteiger partial charge in [0.15, 0.2) is 12.2 Å². The highest BCUT2D eigenvalue weighted by Gasteiger charge is 2.46. The van der Waals surface area contributed by atoms with Crippen molar-refractivity contribution in [1.29, 1.82) is 0 Å². The van der Waals surface area contributed by atoms with Crippen LogP contribution >= 0.6 is 0 Å². The van der Waals surface area contributed by atoms with Gasteiger partial charge in [0.25, 0.3) is 0 Å². The first-order valence-corrected chi connectivity index (χ1v) is 4.01. The smallest absolute Gasteiger partial charge is 0.424 e. The highest BCUT2D eigenvalue weighted by atomic mass is 16.8. The standard InChI is InChI=1S/C8H10O5/c1-3-2-4-7(6(10)5(3)9)13-8(11)12-4/h2,4-7,9-10H,1H3. The normalized spacial score (nSPS) is 43.3. The van der Waals surface area contributed by atoms with Crippen molar-refractivity contribution in [2.75, 3.05) is 0 Å². The summed E-state index contributed by atoms with van der Waals surface area (Å²) in [5.41, 5.74) is 0.590. The molecule has 4 unspecified atom stereocenters. The fourth-order valence-electron chi connectivity index (χ4n) is 1.58. The average molecular weight is 186 g/mol. The molecule has 72 valence electrons. The van der Waals surface area contributed by atoms with Crippen LogP contribution in [0.5, 0.6) is 0 Å². The zero-order valence-corrected chi connectivity index (χ0v) is 7.01. The Bertz CT molecular complexity index is 272. The molecule has 1 saturated heterocycles. The van der Waals surface area contributed by atoms with Crippen LogP contribution < -0.4 is 0 Å². The molecule has 2 rings (SSSR count). The maximum Gasteiger partial charge on any atom is 0.509 e. The van der Waals surface area contributed by atoms with Gasteiger partial charge in [0, 0.05) is 0 Å². The number of aliphatic hydroxyl groups is 2. The second-order valence-electron chi connectivity index (χ2n) is 3.26. The molecule has 4 atom stereocenters. The van der Waals surface area contributed by atoms with Crippen LogP contribution in [-0.2, 0) is 9.47 Å². The Morgan fingerprint density at radius 2 is 2.08 bits per heavy atom. The first-order chi connectivity index (χ1) is 6.09. The number of aliphatic hydroxyl groups excluding tert-OH is 2. The van der Waals surface area contributed by atoms with E-state index >= 15 is 0 Å². The third kappa shape index (κ3) is 1.20. The number of carbonyl (C=O) groups excluding carboxylic acids is 1. The molecule has 1 fully saturated rings. The lowest BCUT2D eigenvalue weighted by Crippen LogP contribution is -2.46. The number of fused-ring (bicyclic) bond motifs is 1. The average Bonchev–Trinajstić information content (AvgIpc) is 2.42. The fourth-order valence-corrected chi connectivity index (χ4v) is 1.58. The van der Waals surface area contributed by atoms with Crippen LogP contribution in [-0.4, -0.2) is 40.8 Å². The van der Waals surface area contributed by atoms with E-state index in [9.17, 15) is 15.0 Å². The van der Waals surface area contributed by atoms with Crippen molar-refractivity contribution >= 4 is 6.16 Å². The number of ether oxygens (including phenoxy) is 2. The zero-order valence-electron chi connectivity index (χ0n) is 7.01. The summed E-state index contributed by atoms with van der Waals surface area (Å²) in [5, 5.41) is 18.9. The van der Waals surface area contributed by atoms with Gasteiger partial charge in [0.1, 0.15) is 12.2 Å². The summed E-state index contributed by atoms with van der Waals surface area (Å²) in [6, 6.07) is 0. The van der Waals surface area contributed by atoms with Gasteiger partial charge in [-0.3, -0.25) is 0 Å². The molecule has 0 saturated carbocycles. The minimum Gasteiger partial charge on any atom is -0.424 e. The zero-order chi connectivity index (χ0) is 9.59. The van der Waals surface area contributed by atoms with Crippen molar-refractivity contribution in [1.82, 2.24) is 0 Å². The molecule has 1 aliphatic carbocycles. The first-order valence-electron chi connectivity index (χ1n) is 4.01. The van der Waals surface area contributed by atoms with E-state index in [4.69, 9.17) is 4.74 Å². The van der Waals surface area contributed by atoms with Crippen LogP contribution in [0, 0.1) is 0 Å². The van der Waals surface area contributed by atoms with Crippen molar-refractivity contribution in [3.8, 4) is 0 Å². The maximum absolute atomic E-state index is 10.7. The van der Waals surface area contributed by atoms with Crippen LogP contribution in [0.15, 0.2) is 11.6 Å². The van der Waals surface area contributed by atoms with E-state index < -0.39 is 30.6 Å².